The lowest BCUT2D eigenvalue weighted by Gasteiger charge is -2.28. The molecule has 8 heteroatoms. The predicted molar refractivity (Wildman–Crippen MR) is 76.5 cm³/mol. The standard InChI is InChI=1S/C16H16F3NO4/c17-16(18,19)12-4-2-1-3-11(12)13-7-10(21)8-20(13)15(22)14-9-23-5-6-24-14/h1-4,9-10,13,21H,5-8H2/t10-,13-/m0/s1. The molecule has 2 aliphatic heterocycles. The van der Waals surface area contributed by atoms with Crippen LogP contribution in [0.15, 0.2) is 36.3 Å². The van der Waals surface area contributed by atoms with Crippen molar-refractivity contribution < 1.29 is 32.5 Å². The summed E-state index contributed by atoms with van der Waals surface area (Å²) in [5.74, 6) is -0.655. The van der Waals surface area contributed by atoms with Gasteiger partial charge in [-0.05, 0) is 18.1 Å². The van der Waals surface area contributed by atoms with E-state index in [9.17, 15) is 23.1 Å². The molecule has 0 spiro atoms. The number of nitrogens with zero attached hydrogens (tertiary/aromatic N) is 1. The van der Waals surface area contributed by atoms with E-state index in [1.807, 2.05) is 0 Å². The Morgan fingerprint density at radius 2 is 2.00 bits per heavy atom. The number of rotatable bonds is 2. The Hall–Kier alpha value is -2.22. The average Bonchev–Trinajstić information content (AvgIpc) is 2.96. The van der Waals surface area contributed by atoms with Crippen molar-refractivity contribution in [3.05, 3.63) is 47.4 Å². The molecule has 1 aromatic carbocycles. The van der Waals surface area contributed by atoms with Gasteiger partial charge in [0.2, 0.25) is 5.76 Å². The van der Waals surface area contributed by atoms with E-state index in [2.05, 4.69) is 0 Å². The third-order valence-electron chi connectivity index (χ3n) is 4.02. The van der Waals surface area contributed by atoms with Gasteiger partial charge in [0.05, 0.1) is 17.7 Å². The monoisotopic (exact) mass is 343 g/mol. The number of ether oxygens (including phenoxy) is 2. The van der Waals surface area contributed by atoms with Gasteiger partial charge in [-0.3, -0.25) is 4.79 Å². The maximum absolute atomic E-state index is 13.3. The number of aliphatic hydroxyl groups is 1. The number of carbonyl (C=O) groups is 1. The van der Waals surface area contributed by atoms with Crippen LogP contribution in [0.5, 0.6) is 0 Å². The van der Waals surface area contributed by atoms with Crippen LogP contribution in [-0.2, 0) is 20.4 Å². The number of hydrogen-bond donors (Lipinski definition) is 1. The van der Waals surface area contributed by atoms with E-state index in [0.29, 0.717) is 6.61 Å². The Morgan fingerprint density at radius 3 is 2.67 bits per heavy atom. The number of benzene rings is 1. The molecule has 24 heavy (non-hydrogen) atoms. The van der Waals surface area contributed by atoms with Gasteiger partial charge in [0.25, 0.3) is 5.91 Å². The van der Waals surface area contributed by atoms with Crippen molar-refractivity contribution in [3.8, 4) is 0 Å². The summed E-state index contributed by atoms with van der Waals surface area (Å²) >= 11 is 0. The van der Waals surface area contributed by atoms with Crippen molar-refractivity contribution >= 4 is 5.91 Å². The molecule has 0 saturated carbocycles. The minimum absolute atomic E-state index is 0.0347. The molecule has 130 valence electrons. The lowest BCUT2D eigenvalue weighted by molar-refractivity contribution is -0.140. The summed E-state index contributed by atoms with van der Waals surface area (Å²) in [6.45, 7) is 0.438. The van der Waals surface area contributed by atoms with Crippen LogP contribution in [0, 0.1) is 0 Å². The highest BCUT2D eigenvalue weighted by molar-refractivity contribution is 5.92. The van der Waals surface area contributed by atoms with Gasteiger partial charge in [-0.1, -0.05) is 18.2 Å². The molecule has 0 aromatic heterocycles. The molecular weight excluding hydrogens is 327 g/mol. The van der Waals surface area contributed by atoms with Gasteiger partial charge in [0.1, 0.15) is 19.5 Å². The van der Waals surface area contributed by atoms with E-state index in [-0.39, 0.29) is 30.9 Å². The van der Waals surface area contributed by atoms with Gasteiger partial charge < -0.3 is 19.5 Å². The van der Waals surface area contributed by atoms with E-state index in [1.54, 1.807) is 0 Å². The average molecular weight is 343 g/mol. The third-order valence-corrected chi connectivity index (χ3v) is 4.02. The van der Waals surface area contributed by atoms with Gasteiger partial charge in [0, 0.05) is 6.54 Å². The predicted octanol–water partition coefficient (Wildman–Crippen LogP) is 2.23. The lowest BCUT2D eigenvalue weighted by atomic mass is 9.97. The van der Waals surface area contributed by atoms with E-state index < -0.39 is 29.8 Å². The number of alkyl halides is 3. The number of hydrogen-bond acceptors (Lipinski definition) is 4. The molecule has 2 aliphatic rings. The topological polar surface area (TPSA) is 59.0 Å². The number of aliphatic hydroxyl groups excluding tert-OH is 1. The first-order valence-electron chi connectivity index (χ1n) is 7.47. The zero-order chi connectivity index (χ0) is 17.3. The summed E-state index contributed by atoms with van der Waals surface area (Å²) in [5.41, 5.74) is -0.844. The van der Waals surface area contributed by atoms with Crippen LogP contribution >= 0.6 is 0 Å². The second kappa shape index (κ2) is 6.35. The quantitative estimate of drug-likeness (QED) is 0.895. The molecule has 1 aromatic rings. The largest absolute Gasteiger partial charge is 0.494 e. The molecule has 5 nitrogen and oxygen atoms in total. The number of amides is 1. The second-order valence-corrected chi connectivity index (χ2v) is 5.65. The third kappa shape index (κ3) is 3.19. The van der Waals surface area contributed by atoms with Crippen LogP contribution in [-0.4, -0.2) is 41.8 Å². The molecule has 0 radical (unpaired) electrons. The Bertz CT molecular complexity index is 659. The molecule has 3 rings (SSSR count). The van der Waals surface area contributed by atoms with Crippen molar-refractivity contribution in [1.82, 2.24) is 4.90 Å². The summed E-state index contributed by atoms with van der Waals surface area (Å²) < 4.78 is 50.0. The van der Waals surface area contributed by atoms with Crippen molar-refractivity contribution in [2.45, 2.75) is 24.7 Å². The summed E-state index contributed by atoms with van der Waals surface area (Å²) in [6, 6.07) is 4.21. The first-order chi connectivity index (χ1) is 11.4. The van der Waals surface area contributed by atoms with Crippen LogP contribution in [0.2, 0.25) is 0 Å². The highest BCUT2D eigenvalue weighted by Gasteiger charge is 2.42. The fraction of sp³-hybridized carbons (Fsp3) is 0.438. The number of halogens is 3. The summed E-state index contributed by atoms with van der Waals surface area (Å²) in [4.78, 5) is 13.8. The van der Waals surface area contributed by atoms with Crippen molar-refractivity contribution in [3.63, 3.8) is 0 Å². The van der Waals surface area contributed by atoms with Crippen LogP contribution in [0.1, 0.15) is 23.6 Å². The maximum Gasteiger partial charge on any atom is 0.416 e. The highest BCUT2D eigenvalue weighted by atomic mass is 19.4. The van der Waals surface area contributed by atoms with Crippen LogP contribution in [0.25, 0.3) is 0 Å². The Kier molecular flexibility index (Phi) is 4.40. The fourth-order valence-corrected chi connectivity index (χ4v) is 3.00. The van der Waals surface area contributed by atoms with Gasteiger partial charge in [-0.2, -0.15) is 13.2 Å². The zero-order valence-electron chi connectivity index (χ0n) is 12.6. The van der Waals surface area contributed by atoms with Gasteiger partial charge in [-0.25, -0.2) is 0 Å². The zero-order valence-corrected chi connectivity index (χ0v) is 12.6. The molecule has 0 unspecified atom stereocenters. The van der Waals surface area contributed by atoms with Crippen molar-refractivity contribution in [1.29, 1.82) is 0 Å². The van der Waals surface area contributed by atoms with Gasteiger partial charge >= 0.3 is 6.18 Å². The molecule has 1 fully saturated rings. The molecular formula is C16H16F3NO4. The van der Waals surface area contributed by atoms with E-state index in [1.165, 1.54) is 23.1 Å². The Morgan fingerprint density at radius 1 is 1.25 bits per heavy atom. The van der Waals surface area contributed by atoms with Crippen LogP contribution in [0.3, 0.4) is 0 Å². The molecule has 0 aliphatic carbocycles. The van der Waals surface area contributed by atoms with E-state index >= 15 is 0 Å². The SMILES string of the molecule is O=C(C1=COCCO1)N1C[C@@H](O)C[C@H]1c1ccccc1C(F)(F)F. The molecule has 1 amide bonds. The van der Waals surface area contributed by atoms with Gasteiger partial charge in [-0.15, -0.1) is 0 Å². The summed E-state index contributed by atoms with van der Waals surface area (Å²) in [6.07, 6.45) is -4.25. The molecule has 1 N–H and O–H groups in total. The summed E-state index contributed by atoms with van der Waals surface area (Å²) in [7, 11) is 0. The van der Waals surface area contributed by atoms with Gasteiger partial charge in [0.15, 0.2) is 0 Å². The first-order valence-corrected chi connectivity index (χ1v) is 7.47. The Balaban J connectivity index is 1.94. The smallest absolute Gasteiger partial charge is 0.416 e. The van der Waals surface area contributed by atoms with Crippen molar-refractivity contribution in [2.24, 2.45) is 0 Å². The molecule has 2 heterocycles. The summed E-state index contributed by atoms with van der Waals surface area (Å²) in [5, 5.41) is 9.91. The van der Waals surface area contributed by atoms with E-state index in [0.717, 1.165) is 12.3 Å². The maximum atomic E-state index is 13.3. The number of β-amino-alcohol motifs (C(OH)–C–C–N with tert-alkyl or cyclic N) is 1. The minimum atomic E-state index is -4.54. The molecule has 1 saturated heterocycles. The minimum Gasteiger partial charge on any atom is -0.494 e. The fourth-order valence-electron chi connectivity index (χ4n) is 3.00. The first kappa shape index (κ1) is 16.6. The van der Waals surface area contributed by atoms with Crippen molar-refractivity contribution in [2.75, 3.05) is 19.8 Å². The van der Waals surface area contributed by atoms with E-state index in [4.69, 9.17) is 9.47 Å². The number of carbonyl (C=O) groups excluding carboxylic acids is 1. The van der Waals surface area contributed by atoms with Crippen LogP contribution < -0.4 is 0 Å². The lowest BCUT2D eigenvalue weighted by Crippen LogP contribution is -2.35. The second-order valence-electron chi connectivity index (χ2n) is 5.65. The Labute approximate surface area is 136 Å². The molecule has 0 bridgehead atoms. The van der Waals surface area contributed by atoms with Crippen LogP contribution in [0.4, 0.5) is 13.2 Å². The number of likely N-dealkylation sites (tertiary alicyclic amines) is 1. The molecule has 2 atom stereocenters. The highest BCUT2D eigenvalue weighted by Crippen LogP contribution is 2.40. The normalized spacial score (nSPS) is 24.2.